The third-order valence-corrected chi connectivity index (χ3v) is 8.38. The number of likely N-dealkylation sites (tertiary alicyclic amines) is 1. The number of aromatic amines is 1. The molecule has 1 fully saturated rings. The summed E-state index contributed by atoms with van der Waals surface area (Å²) in [6, 6.07) is 22.6. The van der Waals surface area contributed by atoms with Gasteiger partial charge >= 0.3 is 0 Å². The number of aromatic nitrogens is 2. The van der Waals surface area contributed by atoms with E-state index < -0.39 is 17.5 Å². The van der Waals surface area contributed by atoms with Crippen molar-refractivity contribution in [3.63, 3.8) is 0 Å². The molecule has 3 aromatic carbocycles. The van der Waals surface area contributed by atoms with Crippen LogP contribution >= 0.6 is 0 Å². The number of ether oxygens (including phenoxy) is 1. The number of amides is 2. The second kappa shape index (κ2) is 13.8. The number of hydrogen-bond donors (Lipinski definition) is 2. The minimum absolute atomic E-state index is 0.206. The first-order valence-electron chi connectivity index (χ1n) is 14.9. The van der Waals surface area contributed by atoms with Crippen LogP contribution in [0, 0.1) is 19.7 Å². The molecule has 2 heterocycles. The van der Waals surface area contributed by atoms with Crippen LogP contribution in [-0.2, 0) is 22.6 Å². The molecule has 2 atom stereocenters. The van der Waals surface area contributed by atoms with Gasteiger partial charge < -0.3 is 15.0 Å². The molecule has 2 N–H and O–H groups in total. The molecule has 0 spiro atoms. The Balaban J connectivity index is 1.31. The van der Waals surface area contributed by atoms with E-state index in [9.17, 15) is 18.8 Å². The molecule has 0 aliphatic carbocycles. The van der Waals surface area contributed by atoms with E-state index in [1.807, 2.05) is 49.4 Å². The first-order chi connectivity index (χ1) is 21.7. The molecule has 2 unspecified atom stereocenters. The van der Waals surface area contributed by atoms with Crippen LogP contribution < -0.4 is 10.9 Å². The van der Waals surface area contributed by atoms with E-state index in [0.717, 1.165) is 16.7 Å². The molecule has 0 saturated carbocycles. The summed E-state index contributed by atoms with van der Waals surface area (Å²) in [5, 5.41) is 9.19. The van der Waals surface area contributed by atoms with Crippen LogP contribution in [-0.4, -0.2) is 45.6 Å². The van der Waals surface area contributed by atoms with Crippen LogP contribution in [0.15, 0.2) is 96.3 Å². The number of nitrogens with one attached hydrogen (secondary N) is 2. The van der Waals surface area contributed by atoms with E-state index in [2.05, 4.69) is 22.1 Å². The number of rotatable bonds is 11. The maximum Gasteiger partial charge on any atom is 0.267 e. The Bertz CT molecular complexity index is 1760. The second-order valence-corrected chi connectivity index (χ2v) is 11.5. The predicted octanol–water partition coefficient (Wildman–Crippen LogP) is 5.35. The van der Waals surface area contributed by atoms with Crippen molar-refractivity contribution < 1.29 is 18.7 Å². The van der Waals surface area contributed by atoms with Gasteiger partial charge in [0.15, 0.2) is 0 Å². The zero-order chi connectivity index (χ0) is 32.0. The lowest BCUT2D eigenvalue weighted by Gasteiger charge is -2.39. The summed E-state index contributed by atoms with van der Waals surface area (Å²) >= 11 is 0. The predicted molar refractivity (Wildman–Crippen MR) is 170 cm³/mol. The molecule has 45 heavy (non-hydrogen) atoms. The molecule has 5 rings (SSSR count). The molecule has 2 amide bonds. The fraction of sp³-hybridized carbons (Fsp3) is 0.278. The van der Waals surface area contributed by atoms with Gasteiger partial charge in [-0.25, -0.2) is 9.49 Å². The van der Waals surface area contributed by atoms with Crippen LogP contribution in [0.1, 0.15) is 62.8 Å². The summed E-state index contributed by atoms with van der Waals surface area (Å²) in [4.78, 5) is 41.0. The van der Waals surface area contributed by atoms with Gasteiger partial charge in [0.05, 0.1) is 37.0 Å². The maximum atomic E-state index is 14.3. The van der Waals surface area contributed by atoms with Crippen molar-refractivity contribution in [2.75, 3.05) is 13.2 Å². The molecule has 1 saturated heterocycles. The Labute approximate surface area is 261 Å². The molecule has 0 bridgehead atoms. The van der Waals surface area contributed by atoms with Gasteiger partial charge in [0, 0.05) is 17.5 Å². The van der Waals surface area contributed by atoms with Gasteiger partial charge in [-0.2, -0.15) is 5.10 Å². The minimum Gasteiger partial charge on any atom is -0.374 e. The molecule has 1 aromatic heterocycles. The smallest absolute Gasteiger partial charge is 0.267 e. The van der Waals surface area contributed by atoms with Gasteiger partial charge in [0.25, 0.3) is 11.5 Å². The lowest BCUT2D eigenvalue weighted by atomic mass is 9.97. The van der Waals surface area contributed by atoms with Crippen LogP contribution in [0.25, 0.3) is 0 Å². The summed E-state index contributed by atoms with van der Waals surface area (Å²) in [6.07, 6.45) is 3.29. The van der Waals surface area contributed by atoms with E-state index in [1.54, 1.807) is 42.2 Å². The van der Waals surface area contributed by atoms with Crippen molar-refractivity contribution in [1.82, 2.24) is 20.4 Å². The SMILES string of the molecule is C=CC1(COCc2ccccc2)CCC(c2cccc(F)c2)N1C(=O)CNC(=O)c1ccc(Cc2cc(C)n[nH]c2=O)c(C)c1. The average molecular weight is 609 g/mol. The van der Waals surface area contributed by atoms with Gasteiger partial charge in [0.1, 0.15) is 5.82 Å². The molecule has 232 valence electrons. The van der Waals surface area contributed by atoms with Gasteiger partial charge in [-0.1, -0.05) is 54.6 Å². The van der Waals surface area contributed by atoms with Crippen LogP contribution in [0.4, 0.5) is 4.39 Å². The van der Waals surface area contributed by atoms with Crippen LogP contribution in [0.2, 0.25) is 0 Å². The van der Waals surface area contributed by atoms with Crippen molar-refractivity contribution in [2.45, 2.75) is 51.3 Å². The van der Waals surface area contributed by atoms with E-state index in [1.165, 1.54) is 12.1 Å². The monoisotopic (exact) mass is 608 g/mol. The van der Waals surface area contributed by atoms with Gasteiger partial charge in [-0.15, -0.1) is 6.58 Å². The van der Waals surface area contributed by atoms with Crippen molar-refractivity contribution >= 4 is 11.8 Å². The number of hydrogen-bond acceptors (Lipinski definition) is 5. The zero-order valence-corrected chi connectivity index (χ0v) is 25.5. The number of halogens is 1. The topological polar surface area (TPSA) is 104 Å². The standard InChI is InChI=1S/C36H37FN4O4/c1-4-36(23-45-22-26-9-6-5-7-10-26)16-15-32(28-11-8-12-31(37)20-28)41(36)33(42)21-38-34(43)29-14-13-27(24(2)17-29)19-30-18-25(3)39-40-35(30)44/h4-14,17-18,20,32H,1,15-16,19,21-23H2,2-3H3,(H,38,43)(H,40,44). The van der Waals surface area contributed by atoms with Crippen molar-refractivity contribution in [2.24, 2.45) is 0 Å². The highest BCUT2D eigenvalue weighted by Gasteiger charge is 2.47. The Morgan fingerprint density at radius 2 is 1.89 bits per heavy atom. The number of benzene rings is 3. The van der Waals surface area contributed by atoms with E-state index in [4.69, 9.17) is 4.74 Å². The lowest BCUT2D eigenvalue weighted by Crippen LogP contribution is -2.52. The maximum absolute atomic E-state index is 14.3. The van der Waals surface area contributed by atoms with Gasteiger partial charge in [-0.3, -0.25) is 14.4 Å². The molecular formula is C36H37FN4O4. The molecule has 4 aromatic rings. The molecule has 9 heteroatoms. The Hall–Kier alpha value is -4.89. The first kappa shape index (κ1) is 31.5. The Kier molecular flexibility index (Phi) is 9.68. The van der Waals surface area contributed by atoms with Crippen molar-refractivity contribution in [1.29, 1.82) is 0 Å². The van der Waals surface area contributed by atoms with Crippen LogP contribution in [0.3, 0.4) is 0 Å². The number of carbonyl (C=O) groups is 2. The summed E-state index contributed by atoms with van der Waals surface area (Å²) in [5.74, 6) is -1.10. The Morgan fingerprint density at radius 3 is 2.62 bits per heavy atom. The van der Waals surface area contributed by atoms with E-state index in [-0.39, 0.29) is 30.4 Å². The second-order valence-electron chi connectivity index (χ2n) is 11.5. The van der Waals surface area contributed by atoms with Gasteiger partial charge in [-0.05, 0) is 79.3 Å². The highest BCUT2D eigenvalue weighted by molar-refractivity contribution is 5.97. The largest absolute Gasteiger partial charge is 0.374 e. The molecular weight excluding hydrogens is 571 g/mol. The van der Waals surface area contributed by atoms with Crippen LogP contribution in [0.5, 0.6) is 0 Å². The number of H-pyrrole nitrogens is 1. The minimum atomic E-state index is -0.838. The molecule has 8 nitrogen and oxygen atoms in total. The van der Waals surface area contributed by atoms with Crippen molar-refractivity contribution in [3.8, 4) is 0 Å². The molecule has 0 radical (unpaired) electrons. The zero-order valence-electron chi connectivity index (χ0n) is 25.5. The van der Waals surface area contributed by atoms with Gasteiger partial charge in [0.2, 0.25) is 5.91 Å². The quantitative estimate of drug-likeness (QED) is 0.224. The van der Waals surface area contributed by atoms with Crippen molar-refractivity contribution in [3.05, 3.63) is 147 Å². The first-order valence-corrected chi connectivity index (χ1v) is 14.9. The normalized spacial score (nSPS) is 17.7. The van der Waals surface area contributed by atoms with E-state index in [0.29, 0.717) is 48.3 Å². The fourth-order valence-corrected chi connectivity index (χ4v) is 6.00. The third kappa shape index (κ3) is 7.26. The molecule has 1 aliphatic rings. The highest BCUT2D eigenvalue weighted by atomic mass is 19.1. The number of aryl methyl sites for hydroxylation is 2. The summed E-state index contributed by atoms with van der Waals surface area (Å²) in [7, 11) is 0. The third-order valence-electron chi connectivity index (χ3n) is 8.38. The number of carbonyl (C=O) groups excluding carboxylic acids is 2. The average Bonchev–Trinajstić information content (AvgIpc) is 3.42. The highest BCUT2D eigenvalue weighted by Crippen LogP contribution is 2.44. The molecule has 1 aliphatic heterocycles. The summed E-state index contributed by atoms with van der Waals surface area (Å²) in [6.45, 7) is 8.05. The fourth-order valence-electron chi connectivity index (χ4n) is 6.00. The summed E-state index contributed by atoms with van der Waals surface area (Å²) in [5.41, 5.74) is 4.04. The Morgan fingerprint density at radius 1 is 1.09 bits per heavy atom. The number of nitrogens with zero attached hydrogens (tertiary/aromatic N) is 2. The van der Waals surface area contributed by atoms with E-state index >= 15 is 0 Å². The summed E-state index contributed by atoms with van der Waals surface area (Å²) < 4.78 is 20.4. The lowest BCUT2D eigenvalue weighted by molar-refractivity contribution is -0.137.